The molecule has 0 radical (unpaired) electrons. The minimum atomic E-state index is 0. The van der Waals surface area contributed by atoms with Crippen LogP contribution in [0.2, 0.25) is 0 Å². The van der Waals surface area contributed by atoms with Crippen molar-refractivity contribution in [1.82, 2.24) is 60.5 Å². The summed E-state index contributed by atoms with van der Waals surface area (Å²) >= 11 is 0. The summed E-state index contributed by atoms with van der Waals surface area (Å²) < 4.78 is 0. The number of likely N-dealkylation sites (tertiary alicyclic amines) is 4. The molecule has 10 rings (SSSR count). The number of piperidine rings is 4. The van der Waals surface area contributed by atoms with Gasteiger partial charge >= 0.3 is 0 Å². The average Bonchev–Trinajstić information content (AvgIpc) is 3.64. The SMILES string of the molecule is C.C.CC1CN(C)CC(C)N1.CC1CN(C)CCN1.CN1CC2CCCC1CN2.CN1CCC(CN)CC1.CN1CCC(N)CC1.CN1CCCC(CN)C1.CN1CCCC(N)C1.CN1CCNCC1. The van der Waals surface area contributed by atoms with Crippen molar-refractivity contribution >= 4 is 0 Å². The fourth-order valence-corrected chi connectivity index (χ4v) is 10.6. The third kappa shape index (κ3) is 34.8. The van der Waals surface area contributed by atoms with Gasteiger partial charge in [0.2, 0.25) is 0 Å². The predicted octanol–water partition coefficient (Wildman–Crippen LogP) is 2.10. The van der Waals surface area contributed by atoms with Gasteiger partial charge in [0.25, 0.3) is 0 Å². The summed E-state index contributed by atoms with van der Waals surface area (Å²) in [5.41, 5.74) is 22.4. The lowest BCUT2D eigenvalue weighted by atomic mass is 9.98. The number of nitrogens with one attached hydrogen (secondary N) is 4. The van der Waals surface area contributed by atoms with Crippen molar-refractivity contribution in [1.29, 1.82) is 0 Å². The van der Waals surface area contributed by atoms with E-state index in [0.717, 1.165) is 63.2 Å². The van der Waals surface area contributed by atoms with Gasteiger partial charge in [0.15, 0.2) is 0 Å². The van der Waals surface area contributed by atoms with E-state index in [1.54, 1.807) is 0 Å². The minimum absolute atomic E-state index is 0. The van der Waals surface area contributed by atoms with Gasteiger partial charge in [-0.15, -0.1) is 0 Å². The lowest BCUT2D eigenvalue weighted by Gasteiger charge is -2.34. The summed E-state index contributed by atoms with van der Waals surface area (Å²) in [6, 6.07) is 4.56. The van der Waals surface area contributed by atoms with Crippen LogP contribution in [0.25, 0.3) is 0 Å². The number of nitrogens with two attached hydrogens (primary N) is 4. The second-order valence-electron chi connectivity index (χ2n) is 22.8. The van der Waals surface area contributed by atoms with Crippen LogP contribution in [-0.4, -0.2) is 275 Å². The van der Waals surface area contributed by atoms with Gasteiger partial charge in [-0.3, -0.25) is 0 Å². The van der Waals surface area contributed by atoms with Crippen LogP contribution in [-0.2, 0) is 0 Å². The molecular weight excluding hydrogens is 873 g/mol. The maximum absolute atomic E-state index is 5.68. The number of likely N-dealkylation sites (N-methyl/N-ethyl adjacent to an activating group) is 5. The molecule has 0 aromatic heterocycles. The summed E-state index contributed by atoms with van der Waals surface area (Å²) in [6.45, 7) is 31.2. The summed E-state index contributed by atoms with van der Waals surface area (Å²) in [4.78, 5) is 18.9. The maximum Gasteiger partial charge on any atom is 0.0218 e. The molecule has 10 fully saturated rings. The Labute approximate surface area is 436 Å². The quantitative estimate of drug-likeness (QED) is 0.202. The third-order valence-electron chi connectivity index (χ3n) is 15.2. The first-order valence-corrected chi connectivity index (χ1v) is 27.8. The van der Waals surface area contributed by atoms with Gasteiger partial charge in [0.1, 0.15) is 0 Å². The Balaban J connectivity index is 0.000000776. The molecule has 10 heterocycles. The van der Waals surface area contributed by atoms with Crippen LogP contribution < -0.4 is 44.2 Å². The molecule has 7 atom stereocenters. The van der Waals surface area contributed by atoms with E-state index in [1.807, 2.05) is 0 Å². The standard InChI is InChI=1S/C8H16N2.3C7H16N2.3C6H14N2.C5H12N2.2CH4/c1-10-6-7-3-2-4-8(10)5-9-7;1-6-4-9(3)5-7(2)8-6;1-9-4-2-7(6-8)3-5-9;1-9-4-2-3-7(5-8)6-9;1-6-5-8(2)4-3-7-6;1-8-4-2-6(7)3-5-8;1-8-4-2-3-6(7)5-8;1-7-4-2-6-3-5-7;;/h7-9H,2-6H2,1H3;6-8H,4-5H2,1-3H3;2*7H,2-6,8H2,1H3;6-7H,3-5H2,1-2H3;2*6H,2-5,7H2,1H3;6H,2-5H2,1H3;2*1H4. The maximum atomic E-state index is 5.68. The van der Waals surface area contributed by atoms with E-state index in [2.05, 4.69) is 138 Å². The first-order valence-electron chi connectivity index (χ1n) is 27.8. The Bertz CT molecular complexity index is 1080. The van der Waals surface area contributed by atoms with Gasteiger partial charge < -0.3 is 83.4 Å². The first-order chi connectivity index (χ1) is 32.5. The zero-order chi connectivity index (χ0) is 50.3. The van der Waals surface area contributed by atoms with E-state index in [1.165, 1.54) is 169 Å². The molecule has 12 N–H and O–H groups in total. The molecule has 10 aliphatic rings. The molecule has 0 aromatic rings. The smallest absolute Gasteiger partial charge is 0.0218 e. The van der Waals surface area contributed by atoms with E-state index < -0.39 is 0 Å². The van der Waals surface area contributed by atoms with Gasteiger partial charge in [0.05, 0.1) is 0 Å². The van der Waals surface area contributed by atoms with Gasteiger partial charge in [0, 0.05) is 127 Å². The molecule has 0 spiro atoms. The largest absolute Gasteiger partial charge is 0.330 e. The van der Waals surface area contributed by atoms with E-state index in [0.29, 0.717) is 30.2 Å². The van der Waals surface area contributed by atoms with Crippen LogP contribution in [0, 0.1) is 11.8 Å². The molecule has 2 bridgehead atoms. The molecule has 16 heteroatoms. The monoisotopic (exact) mass is 999 g/mol. The second kappa shape index (κ2) is 41.6. The zero-order valence-electron chi connectivity index (χ0n) is 46.7. The highest BCUT2D eigenvalue weighted by atomic mass is 15.2. The molecule has 0 amide bonds. The highest BCUT2D eigenvalue weighted by Gasteiger charge is 2.28. The van der Waals surface area contributed by atoms with E-state index >= 15 is 0 Å². The fraction of sp³-hybridized carbons (Fsp3) is 1.00. The van der Waals surface area contributed by atoms with Crippen molar-refractivity contribution < 1.29 is 0 Å². The van der Waals surface area contributed by atoms with Crippen molar-refractivity contribution in [2.24, 2.45) is 34.8 Å². The van der Waals surface area contributed by atoms with Crippen molar-refractivity contribution in [3.8, 4) is 0 Å². The van der Waals surface area contributed by atoms with Crippen molar-refractivity contribution in [3.05, 3.63) is 0 Å². The van der Waals surface area contributed by atoms with Gasteiger partial charge in [-0.25, -0.2) is 0 Å². The van der Waals surface area contributed by atoms with Crippen LogP contribution in [0.3, 0.4) is 0 Å². The molecule has 0 aliphatic carbocycles. The lowest BCUT2D eigenvalue weighted by molar-refractivity contribution is 0.180. The number of piperazine rings is 4. The molecule has 0 saturated carbocycles. The summed E-state index contributed by atoms with van der Waals surface area (Å²) in [5.74, 6) is 1.57. The average molecular weight is 1000 g/mol. The number of nitrogens with zero attached hydrogens (tertiary/aromatic N) is 8. The zero-order valence-corrected chi connectivity index (χ0v) is 46.7. The molecule has 10 saturated heterocycles. The first kappa shape index (κ1) is 69.4. The van der Waals surface area contributed by atoms with Crippen molar-refractivity contribution in [2.75, 3.05) is 194 Å². The molecule has 10 aliphatic heterocycles. The van der Waals surface area contributed by atoms with Crippen LogP contribution >= 0.6 is 0 Å². The Morgan fingerprint density at radius 2 is 0.914 bits per heavy atom. The number of rotatable bonds is 2. The topological polar surface area (TPSA) is 178 Å². The highest BCUT2D eigenvalue weighted by molar-refractivity contribution is 4.88. The van der Waals surface area contributed by atoms with Crippen LogP contribution in [0.15, 0.2) is 0 Å². The fourth-order valence-electron chi connectivity index (χ4n) is 10.6. The van der Waals surface area contributed by atoms with Crippen molar-refractivity contribution in [3.63, 3.8) is 0 Å². The minimum Gasteiger partial charge on any atom is -0.330 e. The van der Waals surface area contributed by atoms with E-state index in [-0.39, 0.29) is 14.9 Å². The van der Waals surface area contributed by atoms with Crippen LogP contribution in [0.4, 0.5) is 0 Å². The summed E-state index contributed by atoms with van der Waals surface area (Å²) in [7, 11) is 17.4. The number of hydrogen-bond donors (Lipinski definition) is 8. The van der Waals surface area contributed by atoms with E-state index in [9.17, 15) is 0 Å². The van der Waals surface area contributed by atoms with Crippen molar-refractivity contribution in [2.45, 2.75) is 149 Å². The normalized spacial score (nSPS) is 31.2. The number of hydrogen-bond acceptors (Lipinski definition) is 16. The number of fused-ring (bicyclic) bond motifs is 4. The second-order valence-corrected chi connectivity index (χ2v) is 22.8. The Hall–Kier alpha value is -0.640. The molecule has 70 heavy (non-hydrogen) atoms. The molecular formula is C54H126N16. The van der Waals surface area contributed by atoms with E-state index in [4.69, 9.17) is 22.9 Å². The molecule has 0 aromatic carbocycles. The molecule has 422 valence electrons. The van der Waals surface area contributed by atoms with Gasteiger partial charge in [-0.1, -0.05) is 21.3 Å². The van der Waals surface area contributed by atoms with Gasteiger partial charge in [-0.05, 0) is 206 Å². The van der Waals surface area contributed by atoms with Gasteiger partial charge in [-0.2, -0.15) is 0 Å². The Kier molecular flexibility index (Phi) is 41.2. The Morgan fingerprint density at radius 1 is 0.414 bits per heavy atom. The predicted molar refractivity (Wildman–Crippen MR) is 308 cm³/mol. The lowest BCUT2D eigenvalue weighted by Crippen LogP contribution is -2.52. The molecule has 7 unspecified atom stereocenters. The third-order valence-corrected chi connectivity index (χ3v) is 15.2. The van der Waals surface area contributed by atoms with Crippen LogP contribution in [0.1, 0.15) is 106 Å². The van der Waals surface area contributed by atoms with Crippen LogP contribution in [0.5, 0.6) is 0 Å². The Morgan fingerprint density at radius 3 is 1.31 bits per heavy atom. The summed E-state index contributed by atoms with van der Waals surface area (Å²) in [6.07, 6.45) is 14.3. The summed E-state index contributed by atoms with van der Waals surface area (Å²) in [5, 5.41) is 13.7. The highest BCUT2D eigenvalue weighted by Crippen LogP contribution is 2.19. The molecule has 16 nitrogen and oxygen atoms in total.